The van der Waals surface area contributed by atoms with Gasteiger partial charge in [0, 0.05) is 35.7 Å². The zero-order valence-corrected chi connectivity index (χ0v) is 14.4. The van der Waals surface area contributed by atoms with E-state index in [4.69, 9.17) is 5.73 Å². The maximum absolute atomic E-state index is 6.35. The lowest BCUT2D eigenvalue weighted by Gasteiger charge is -2.26. The van der Waals surface area contributed by atoms with Gasteiger partial charge in [-0.05, 0) is 57.0 Å². The van der Waals surface area contributed by atoms with Crippen molar-refractivity contribution >= 4 is 15.9 Å². The van der Waals surface area contributed by atoms with E-state index in [0.717, 1.165) is 29.5 Å². The van der Waals surface area contributed by atoms with Crippen LogP contribution in [-0.2, 0) is 0 Å². The number of likely N-dealkylation sites (N-methyl/N-ethyl adjacent to an activating group) is 1. The van der Waals surface area contributed by atoms with Crippen molar-refractivity contribution in [3.63, 3.8) is 0 Å². The summed E-state index contributed by atoms with van der Waals surface area (Å²) in [5.74, 6) is 0. The van der Waals surface area contributed by atoms with Crippen LogP contribution in [0.1, 0.15) is 37.3 Å². The van der Waals surface area contributed by atoms with Gasteiger partial charge in [0.05, 0.1) is 0 Å². The summed E-state index contributed by atoms with van der Waals surface area (Å²) in [5, 5.41) is 0. The standard InChI is InChI=1S/C17H26BrN3/c1-20-15-6-7-16(20)12-21(10-8-15)11-9-17(19)13-2-4-14(18)5-3-13/h2-5,15-17H,6-12,19H2,1H3. The van der Waals surface area contributed by atoms with Gasteiger partial charge in [-0.2, -0.15) is 0 Å². The summed E-state index contributed by atoms with van der Waals surface area (Å²) in [6.45, 7) is 3.58. The van der Waals surface area contributed by atoms with E-state index in [2.05, 4.69) is 57.0 Å². The van der Waals surface area contributed by atoms with Crippen LogP contribution in [0, 0.1) is 0 Å². The van der Waals surface area contributed by atoms with Gasteiger partial charge in [-0.15, -0.1) is 0 Å². The van der Waals surface area contributed by atoms with Crippen LogP contribution in [0.25, 0.3) is 0 Å². The molecule has 2 bridgehead atoms. The van der Waals surface area contributed by atoms with E-state index in [1.807, 2.05) is 0 Å². The zero-order valence-electron chi connectivity index (χ0n) is 12.8. The van der Waals surface area contributed by atoms with Crippen LogP contribution in [0.5, 0.6) is 0 Å². The Morgan fingerprint density at radius 2 is 1.90 bits per heavy atom. The molecule has 0 spiro atoms. The minimum absolute atomic E-state index is 0.149. The third-order valence-electron chi connectivity index (χ3n) is 5.29. The lowest BCUT2D eigenvalue weighted by molar-refractivity contribution is 0.215. The van der Waals surface area contributed by atoms with Gasteiger partial charge in [0.25, 0.3) is 0 Å². The Morgan fingerprint density at radius 1 is 1.19 bits per heavy atom. The molecule has 0 aromatic heterocycles. The zero-order chi connectivity index (χ0) is 14.8. The molecule has 3 rings (SSSR count). The monoisotopic (exact) mass is 351 g/mol. The van der Waals surface area contributed by atoms with Crippen molar-refractivity contribution in [1.82, 2.24) is 9.80 Å². The summed E-state index contributed by atoms with van der Waals surface area (Å²) >= 11 is 3.48. The molecule has 2 N–H and O–H groups in total. The predicted molar refractivity (Wildman–Crippen MR) is 91.3 cm³/mol. The number of nitrogens with two attached hydrogens (primary N) is 1. The van der Waals surface area contributed by atoms with Crippen LogP contribution in [-0.4, -0.2) is 48.6 Å². The van der Waals surface area contributed by atoms with E-state index in [0.29, 0.717) is 0 Å². The molecule has 1 aromatic rings. The Labute approximate surface area is 136 Å². The number of nitrogens with zero attached hydrogens (tertiary/aromatic N) is 2. The van der Waals surface area contributed by atoms with Gasteiger partial charge in [0.2, 0.25) is 0 Å². The molecule has 2 fully saturated rings. The number of halogens is 1. The van der Waals surface area contributed by atoms with E-state index in [-0.39, 0.29) is 6.04 Å². The fraction of sp³-hybridized carbons (Fsp3) is 0.647. The quantitative estimate of drug-likeness (QED) is 0.904. The number of fused-ring (bicyclic) bond motifs is 2. The third-order valence-corrected chi connectivity index (χ3v) is 5.82. The molecule has 2 aliphatic heterocycles. The Kier molecular flexibility index (Phi) is 4.99. The lowest BCUT2D eigenvalue weighted by Crippen LogP contribution is -2.37. The minimum atomic E-state index is 0.149. The molecule has 0 aliphatic carbocycles. The first-order valence-electron chi connectivity index (χ1n) is 8.09. The minimum Gasteiger partial charge on any atom is -0.324 e. The molecule has 0 radical (unpaired) electrons. The highest BCUT2D eigenvalue weighted by Crippen LogP contribution is 2.28. The predicted octanol–water partition coefficient (Wildman–Crippen LogP) is 3.01. The second-order valence-electron chi connectivity index (χ2n) is 6.59. The highest BCUT2D eigenvalue weighted by Gasteiger charge is 2.34. The SMILES string of the molecule is CN1C2CCC1CN(CCC(N)c1ccc(Br)cc1)CC2. The van der Waals surface area contributed by atoms with E-state index in [9.17, 15) is 0 Å². The Hall–Kier alpha value is -0.420. The molecule has 0 amide bonds. The van der Waals surface area contributed by atoms with Crippen molar-refractivity contribution in [3.8, 4) is 0 Å². The number of hydrogen-bond donors (Lipinski definition) is 1. The molecular formula is C17H26BrN3. The molecule has 3 nitrogen and oxygen atoms in total. The van der Waals surface area contributed by atoms with Crippen LogP contribution in [0.3, 0.4) is 0 Å². The number of hydrogen-bond acceptors (Lipinski definition) is 3. The molecule has 21 heavy (non-hydrogen) atoms. The van der Waals surface area contributed by atoms with Crippen molar-refractivity contribution in [2.24, 2.45) is 5.73 Å². The highest BCUT2D eigenvalue weighted by molar-refractivity contribution is 9.10. The molecule has 2 aliphatic rings. The van der Waals surface area contributed by atoms with Crippen molar-refractivity contribution in [3.05, 3.63) is 34.3 Å². The van der Waals surface area contributed by atoms with Crippen LogP contribution >= 0.6 is 15.9 Å². The summed E-state index contributed by atoms with van der Waals surface area (Å²) < 4.78 is 1.12. The number of likely N-dealkylation sites (tertiary alicyclic amines) is 1. The highest BCUT2D eigenvalue weighted by atomic mass is 79.9. The van der Waals surface area contributed by atoms with Gasteiger partial charge in [-0.3, -0.25) is 4.90 Å². The smallest absolute Gasteiger partial charge is 0.0307 e. The lowest BCUT2D eigenvalue weighted by atomic mass is 10.0. The van der Waals surface area contributed by atoms with Gasteiger partial charge in [0.15, 0.2) is 0 Å². The normalized spacial score (nSPS) is 28.5. The molecular weight excluding hydrogens is 326 g/mol. The largest absolute Gasteiger partial charge is 0.324 e. The van der Waals surface area contributed by atoms with E-state index in [1.165, 1.54) is 37.9 Å². The van der Waals surface area contributed by atoms with Crippen molar-refractivity contribution < 1.29 is 0 Å². The summed E-state index contributed by atoms with van der Waals surface area (Å²) in [6.07, 6.45) is 5.13. The first-order valence-corrected chi connectivity index (χ1v) is 8.88. The van der Waals surface area contributed by atoms with Gasteiger partial charge in [-0.25, -0.2) is 0 Å². The van der Waals surface area contributed by atoms with Crippen molar-refractivity contribution in [2.75, 3.05) is 26.7 Å². The number of benzene rings is 1. The fourth-order valence-electron chi connectivity index (χ4n) is 3.78. The first-order chi connectivity index (χ1) is 10.1. The Bertz CT molecular complexity index is 462. The van der Waals surface area contributed by atoms with Gasteiger partial charge in [0.1, 0.15) is 0 Å². The molecule has 2 saturated heterocycles. The maximum Gasteiger partial charge on any atom is 0.0307 e. The molecule has 1 aromatic carbocycles. The molecule has 116 valence electrons. The van der Waals surface area contributed by atoms with Crippen LogP contribution < -0.4 is 5.73 Å². The second kappa shape index (κ2) is 6.78. The van der Waals surface area contributed by atoms with Gasteiger partial charge < -0.3 is 10.6 Å². The van der Waals surface area contributed by atoms with Crippen molar-refractivity contribution in [2.45, 2.75) is 43.8 Å². The fourth-order valence-corrected chi connectivity index (χ4v) is 4.04. The summed E-state index contributed by atoms with van der Waals surface area (Å²) in [7, 11) is 2.30. The van der Waals surface area contributed by atoms with Gasteiger partial charge >= 0.3 is 0 Å². The molecule has 3 atom stereocenters. The van der Waals surface area contributed by atoms with E-state index >= 15 is 0 Å². The number of rotatable bonds is 4. The van der Waals surface area contributed by atoms with E-state index in [1.54, 1.807) is 0 Å². The van der Waals surface area contributed by atoms with Crippen molar-refractivity contribution in [1.29, 1.82) is 0 Å². The van der Waals surface area contributed by atoms with Gasteiger partial charge in [-0.1, -0.05) is 28.1 Å². The maximum atomic E-state index is 6.35. The van der Waals surface area contributed by atoms with Crippen LogP contribution in [0.2, 0.25) is 0 Å². The average Bonchev–Trinajstić information content (AvgIpc) is 2.72. The second-order valence-corrected chi connectivity index (χ2v) is 7.50. The van der Waals surface area contributed by atoms with Crippen LogP contribution in [0.15, 0.2) is 28.7 Å². The summed E-state index contributed by atoms with van der Waals surface area (Å²) in [5.41, 5.74) is 7.59. The molecule has 0 saturated carbocycles. The summed E-state index contributed by atoms with van der Waals surface area (Å²) in [6, 6.07) is 10.2. The Morgan fingerprint density at radius 3 is 2.67 bits per heavy atom. The molecule has 4 heteroatoms. The average molecular weight is 352 g/mol. The Balaban J connectivity index is 1.52. The molecule has 2 heterocycles. The molecule has 3 unspecified atom stereocenters. The third kappa shape index (κ3) is 3.67. The van der Waals surface area contributed by atoms with E-state index < -0.39 is 0 Å². The summed E-state index contributed by atoms with van der Waals surface area (Å²) in [4.78, 5) is 5.23. The van der Waals surface area contributed by atoms with Crippen LogP contribution in [0.4, 0.5) is 0 Å². The first kappa shape index (κ1) is 15.5. The topological polar surface area (TPSA) is 32.5 Å².